The van der Waals surface area contributed by atoms with E-state index in [1.54, 1.807) is 19.1 Å². The predicted octanol–water partition coefficient (Wildman–Crippen LogP) is 2.60. The lowest BCUT2D eigenvalue weighted by Gasteiger charge is -2.08. The van der Waals surface area contributed by atoms with Crippen LogP contribution in [0.1, 0.15) is 13.8 Å². The molecular weight excluding hydrogens is 235 g/mol. The molecular formula is C13H13FN2O2. The molecule has 0 aromatic heterocycles. The summed E-state index contributed by atoms with van der Waals surface area (Å²) in [5.41, 5.74) is -0.139. The average Bonchev–Trinajstić information content (AvgIpc) is 2.33. The van der Waals surface area contributed by atoms with E-state index in [9.17, 15) is 9.18 Å². The van der Waals surface area contributed by atoms with E-state index in [0.29, 0.717) is 6.61 Å². The third-order valence-electron chi connectivity index (χ3n) is 2.17. The summed E-state index contributed by atoms with van der Waals surface area (Å²) in [7, 11) is 0. The topological polar surface area (TPSA) is 62.1 Å². The first kappa shape index (κ1) is 13.7. The molecule has 0 unspecified atom stereocenters. The molecule has 1 N–H and O–H groups in total. The summed E-state index contributed by atoms with van der Waals surface area (Å²) in [6.45, 7) is 3.61. The monoisotopic (exact) mass is 248 g/mol. The minimum absolute atomic E-state index is 0.0274. The van der Waals surface area contributed by atoms with Crippen molar-refractivity contribution in [1.82, 2.24) is 0 Å². The zero-order valence-corrected chi connectivity index (χ0v) is 10.2. The van der Waals surface area contributed by atoms with Crippen LogP contribution in [0.25, 0.3) is 0 Å². The summed E-state index contributed by atoms with van der Waals surface area (Å²) >= 11 is 0. The number of carbonyl (C=O) groups excluding carboxylic acids is 1. The van der Waals surface area contributed by atoms with Crippen molar-refractivity contribution in [3.05, 3.63) is 41.4 Å². The van der Waals surface area contributed by atoms with Crippen molar-refractivity contribution in [2.45, 2.75) is 13.8 Å². The number of benzene rings is 1. The zero-order chi connectivity index (χ0) is 13.5. The van der Waals surface area contributed by atoms with Gasteiger partial charge in [-0.1, -0.05) is 12.1 Å². The zero-order valence-electron chi connectivity index (χ0n) is 10.2. The normalized spacial score (nSPS) is 11.2. The lowest BCUT2D eigenvalue weighted by atomic mass is 10.2. The van der Waals surface area contributed by atoms with Gasteiger partial charge in [0.05, 0.1) is 12.3 Å². The number of halogens is 1. The summed E-state index contributed by atoms with van der Waals surface area (Å²) in [5, 5.41) is 11.2. The quantitative estimate of drug-likeness (QED) is 0.506. The number of allylic oxidation sites excluding steroid dienone is 1. The molecule has 0 saturated carbocycles. The standard InChI is InChI=1S/C13H13FN2O2/c1-3-18-9(2)10(8-15)13(17)16-12-7-5-4-6-11(12)14/h4-7H,3H2,1-2H3,(H,16,17). The molecule has 4 nitrogen and oxygen atoms in total. The average molecular weight is 248 g/mol. The first-order valence-electron chi connectivity index (χ1n) is 5.39. The van der Waals surface area contributed by atoms with E-state index in [-0.39, 0.29) is 17.0 Å². The summed E-state index contributed by atoms with van der Waals surface area (Å²) in [6, 6.07) is 7.48. The Kier molecular flexibility index (Phi) is 4.88. The highest BCUT2D eigenvalue weighted by atomic mass is 19.1. The number of nitriles is 1. The minimum atomic E-state index is -0.687. The number of hydrogen-bond acceptors (Lipinski definition) is 3. The molecule has 0 aliphatic rings. The van der Waals surface area contributed by atoms with E-state index < -0.39 is 11.7 Å². The van der Waals surface area contributed by atoms with Crippen LogP contribution in [-0.2, 0) is 9.53 Å². The number of rotatable bonds is 4. The first-order chi connectivity index (χ1) is 8.60. The highest BCUT2D eigenvalue weighted by molar-refractivity contribution is 6.06. The third-order valence-corrected chi connectivity index (χ3v) is 2.17. The summed E-state index contributed by atoms with van der Waals surface area (Å²) < 4.78 is 18.4. The van der Waals surface area contributed by atoms with Gasteiger partial charge in [-0.15, -0.1) is 0 Å². The van der Waals surface area contributed by atoms with Crippen molar-refractivity contribution in [3.63, 3.8) is 0 Å². The Morgan fingerprint density at radius 2 is 2.17 bits per heavy atom. The fourth-order valence-corrected chi connectivity index (χ4v) is 1.33. The van der Waals surface area contributed by atoms with Crippen LogP contribution in [0.4, 0.5) is 10.1 Å². The number of nitrogens with zero attached hydrogens (tertiary/aromatic N) is 1. The molecule has 1 rings (SSSR count). The smallest absolute Gasteiger partial charge is 0.269 e. The molecule has 1 aromatic rings. The maximum Gasteiger partial charge on any atom is 0.269 e. The highest BCUT2D eigenvalue weighted by Gasteiger charge is 2.15. The second-order valence-electron chi connectivity index (χ2n) is 3.41. The van der Waals surface area contributed by atoms with E-state index in [1.807, 2.05) is 0 Å². The number of amides is 1. The van der Waals surface area contributed by atoms with Gasteiger partial charge in [-0.05, 0) is 26.0 Å². The summed E-state index contributed by atoms with van der Waals surface area (Å²) in [6.07, 6.45) is 0. The lowest BCUT2D eigenvalue weighted by molar-refractivity contribution is -0.112. The Morgan fingerprint density at radius 3 is 2.72 bits per heavy atom. The lowest BCUT2D eigenvalue weighted by Crippen LogP contribution is -2.16. The Labute approximate surface area is 105 Å². The molecule has 0 saturated heterocycles. The number of hydrogen-bond donors (Lipinski definition) is 1. The molecule has 0 spiro atoms. The summed E-state index contributed by atoms with van der Waals surface area (Å²) in [5.74, 6) is -1.03. The molecule has 0 radical (unpaired) electrons. The maximum atomic E-state index is 13.3. The number of nitrogens with one attached hydrogen (secondary N) is 1. The van der Waals surface area contributed by atoms with Gasteiger partial charge in [0.1, 0.15) is 17.6 Å². The molecule has 0 bridgehead atoms. The number of para-hydroxylation sites is 1. The van der Waals surface area contributed by atoms with Gasteiger partial charge in [0.2, 0.25) is 0 Å². The van der Waals surface area contributed by atoms with Crippen LogP contribution in [0.15, 0.2) is 35.6 Å². The SMILES string of the molecule is CCOC(C)=C(C#N)C(=O)Nc1ccccc1F. The molecule has 0 heterocycles. The van der Waals surface area contributed by atoms with Gasteiger partial charge < -0.3 is 10.1 Å². The molecule has 1 aromatic carbocycles. The van der Waals surface area contributed by atoms with Crippen LogP contribution in [0, 0.1) is 17.1 Å². The van der Waals surface area contributed by atoms with Gasteiger partial charge in [-0.25, -0.2) is 4.39 Å². The fraction of sp³-hybridized carbons (Fsp3) is 0.231. The Hall–Kier alpha value is -2.35. The van der Waals surface area contributed by atoms with Crippen molar-refractivity contribution in [2.75, 3.05) is 11.9 Å². The van der Waals surface area contributed by atoms with Gasteiger partial charge in [0, 0.05) is 0 Å². The van der Waals surface area contributed by atoms with Crippen molar-refractivity contribution in [3.8, 4) is 6.07 Å². The first-order valence-corrected chi connectivity index (χ1v) is 5.39. The predicted molar refractivity (Wildman–Crippen MR) is 65.0 cm³/mol. The Morgan fingerprint density at radius 1 is 1.50 bits per heavy atom. The maximum absolute atomic E-state index is 13.3. The van der Waals surface area contributed by atoms with E-state index in [1.165, 1.54) is 25.1 Å². The van der Waals surface area contributed by atoms with E-state index in [2.05, 4.69) is 5.32 Å². The largest absolute Gasteiger partial charge is 0.497 e. The highest BCUT2D eigenvalue weighted by Crippen LogP contribution is 2.14. The fourth-order valence-electron chi connectivity index (χ4n) is 1.33. The number of ether oxygens (including phenoxy) is 1. The molecule has 94 valence electrons. The van der Waals surface area contributed by atoms with Crippen LogP contribution in [0.2, 0.25) is 0 Å². The number of carbonyl (C=O) groups is 1. The van der Waals surface area contributed by atoms with Crippen molar-refractivity contribution in [1.29, 1.82) is 5.26 Å². The van der Waals surface area contributed by atoms with Crippen LogP contribution < -0.4 is 5.32 Å². The van der Waals surface area contributed by atoms with Gasteiger partial charge in [-0.2, -0.15) is 5.26 Å². The Balaban J connectivity index is 2.92. The van der Waals surface area contributed by atoms with E-state index >= 15 is 0 Å². The molecule has 0 atom stereocenters. The summed E-state index contributed by atoms with van der Waals surface area (Å²) in [4.78, 5) is 11.8. The van der Waals surface area contributed by atoms with Crippen molar-refractivity contribution >= 4 is 11.6 Å². The van der Waals surface area contributed by atoms with E-state index in [0.717, 1.165) is 0 Å². The Bertz CT molecular complexity index is 518. The molecule has 5 heteroatoms. The minimum Gasteiger partial charge on any atom is -0.497 e. The van der Waals surface area contributed by atoms with Crippen LogP contribution in [0.3, 0.4) is 0 Å². The second-order valence-corrected chi connectivity index (χ2v) is 3.41. The van der Waals surface area contributed by atoms with Crippen LogP contribution in [-0.4, -0.2) is 12.5 Å². The van der Waals surface area contributed by atoms with Gasteiger partial charge in [-0.3, -0.25) is 4.79 Å². The molecule has 0 aliphatic carbocycles. The van der Waals surface area contributed by atoms with Gasteiger partial charge in [0.25, 0.3) is 5.91 Å². The molecule has 0 aliphatic heterocycles. The third kappa shape index (κ3) is 3.32. The van der Waals surface area contributed by atoms with Gasteiger partial charge in [0.15, 0.2) is 5.57 Å². The second kappa shape index (κ2) is 6.40. The van der Waals surface area contributed by atoms with Crippen LogP contribution in [0.5, 0.6) is 0 Å². The van der Waals surface area contributed by atoms with E-state index in [4.69, 9.17) is 10.00 Å². The number of anilines is 1. The molecule has 1 amide bonds. The molecule has 0 fully saturated rings. The van der Waals surface area contributed by atoms with Crippen molar-refractivity contribution < 1.29 is 13.9 Å². The van der Waals surface area contributed by atoms with Gasteiger partial charge >= 0.3 is 0 Å². The van der Waals surface area contributed by atoms with Crippen LogP contribution >= 0.6 is 0 Å². The van der Waals surface area contributed by atoms with Crippen molar-refractivity contribution in [2.24, 2.45) is 0 Å². The molecule has 18 heavy (non-hydrogen) atoms.